The summed E-state index contributed by atoms with van der Waals surface area (Å²) in [4.78, 5) is 1.79. The van der Waals surface area contributed by atoms with Gasteiger partial charge in [0.15, 0.2) is 0 Å². The fourth-order valence-electron chi connectivity index (χ4n) is 2.89. The van der Waals surface area contributed by atoms with Crippen LogP contribution >= 0.6 is 0 Å². The van der Waals surface area contributed by atoms with Crippen molar-refractivity contribution in [3.63, 3.8) is 0 Å². The molecule has 24 heavy (non-hydrogen) atoms. The third-order valence-electron chi connectivity index (χ3n) is 4.16. The van der Waals surface area contributed by atoms with Gasteiger partial charge in [-0.2, -0.15) is 9.89 Å². The summed E-state index contributed by atoms with van der Waals surface area (Å²) < 4.78 is 5.79. The summed E-state index contributed by atoms with van der Waals surface area (Å²) in [5, 5.41) is 7.73. The van der Waals surface area contributed by atoms with E-state index in [1.807, 2.05) is 24.3 Å². The Morgan fingerprint density at radius 1 is 1.04 bits per heavy atom. The number of nitrogens with one attached hydrogen (secondary N) is 2. The molecule has 0 radical (unpaired) electrons. The van der Waals surface area contributed by atoms with Gasteiger partial charge in [-0.15, -0.1) is 0 Å². The molecular weight excluding hydrogens is 300 g/mol. The molecule has 1 aliphatic rings. The average molecular weight is 320 g/mol. The second-order valence-electron chi connectivity index (χ2n) is 5.79. The number of ether oxygens (including phenoxy) is 1. The average Bonchev–Trinajstić information content (AvgIpc) is 3.12. The summed E-state index contributed by atoms with van der Waals surface area (Å²) >= 11 is 0. The molecule has 1 aliphatic heterocycles. The number of rotatable bonds is 4. The summed E-state index contributed by atoms with van der Waals surface area (Å²) in [7, 11) is 0. The molecule has 4 rings (SSSR count). The molecule has 1 fully saturated rings. The van der Waals surface area contributed by atoms with E-state index < -0.39 is 0 Å². The largest absolute Gasteiger partial charge is 0.371 e. The Kier molecular flexibility index (Phi) is 4.27. The van der Waals surface area contributed by atoms with Crippen LogP contribution in [-0.2, 0) is 4.74 Å². The number of morpholine rings is 1. The van der Waals surface area contributed by atoms with E-state index in [0.29, 0.717) is 0 Å². The first-order chi connectivity index (χ1) is 11.9. The minimum Gasteiger partial charge on any atom is -0.371 e. The number of hydrogen-bond acceptors (Lipinski definition) is 4. The van der Waals surface area contributed by atoms with Gasteiger partial charge in [-0.1, -0.05) is 42.5 Å². The number of nitrogens with zero attached hydrogens (tertiary/aromatic N) is 2. The van der Waals surface area contributed by atoms with Crippen molar-refractivity contribution in [1.29, 1.82) is 0 Å². The Labute approximate surface area is 141 Å². The second kappa shape index (κ2) is 6.86. The van der Waals surface area contributed by atoms with Gasteiger partial charge in [-0.25, -0.2) is 0 Å². The molecule has 0 saturated carbocycles. The van der Waals surface area contributed by atoms with Crippen molar-refractivity contribution in [2.75, 3.05) is 25.1 Å². The molecule has 0 aliphatic carbocycles. The maximum absolute atomic E-state index is 5.79. The molecule has 2 aromatic carbocycles. The summed E-state index contributed by atoms with van der Waals surface area (Å²) in [6.45, 7) is 2.56. The van der Waals surface area contributed by atoms with Crippen LogP contribution in [0.4, 0.5) is 5.69 Å². The molecule has 5 heteroatoms. The van der Waals surface area contributed by atoms with E-state index in [1.54, 1.807) is 11.0 Å². The summed E-state index contributed by atoms with van der Waals surface area (Å²) in [5.41, 5.74) is 7.66. The maximum atomic E-state index is 5.79. The van der Waals surface area contributed by atoms with Gasteiger partial charge >= 0.3 is 0 Å². The Balaban J connectivity index is 1.51. The smallest absolute Gasteiger partial charge is 0.0949 e. The highest BCUT2D eigenvalue weighted by Gasteiger charge is 2.15. The highest BCUT2D eigenvalue weighted by molar-refractivity contribution is 5.60. The van der Waals surface area contributed by atoms with Crippen LogP contribution in [0.2, 0.25) is 0 Å². The van der Waals surface area contributed by atoms with Crippen molar-refractivity contribution < 1.29 is 4.74 Å². The van der Waals surface area contributed by atoms with Crippen LogP contribution < -0.4 is 10.7 Å². The number of hydrogen-bond donors (Lipinski definition) is 2. The van der Waals surface area contributed by atoms with Gasteiger partial charge in [0.05, 0.1) is 30.3 Å². The van der Waals surface area contributed by atoms with Gasteiger partial charge in [-0.3, -0.25) is 5.43 Å². The molecule has 122 valence electrons. The molecule has 0 spiro atoms. The van der Waals surface area contributed by atoms with E-state index in [0.717, 1.165) is 36.6 Å². The number of aromatic nitrogens is 2. The van der Waals surface area contributed by atoms with Crippen LogP contribution in [0.5, 0.6) is 0 Å². The lowest BCUT2D eigenvalue weighted by molar-refractivity contribution is 0.0277. The standard InChI is InChI=1S/C19H20N4O/c1-2-4-15(5-3-1)18-10-11-21-23(18)22-17-8-6-16(7-9-17)19-14-20-12-13-24-19/h1-11,19-20,22H,12-14H2. The third-order valence-corrected chi connectivity index (χ3v) is 4.16. The van der Waals surface area contributed by atoms with Crippen LogP contribution in [0.25, 0.3) is 11.3 Å². The van der Waals surface area contributed by atoms with E-state index in [-0.39, 0.29) is 6.10 Å². The third kappa shape index (κ3) is 3.18. The highest BCUT2D eigenvalue weighted by Crippen LogP contribution is 2.22. The van der Waals surface area contributed by atoms with Crippen LogP contribution in [0.1, 0.15) is 11.7 Å². The lowest BCUT2D eigenvalue weighted by atomic mass is 10.1. The monoisotopic (exact) mass is 320 g/mol. The molecule has 0 amide bonds. The van der Waals surface area contributed by atoms with Gasteiger partial charge < -0.3 is 10.1 Å². The Morgan fingerprint density at radius 2 is 1.88 bits per heavy atom. The van der Waals surface area contributed by atoms with E-state index >= 15 is 0 Å². The Morgan fingerprint density at radius 3 is 2.62 bits per heavy atom. The first-order valence-electron chi connectivity index (χ1n) is 8.19. The predicted molar refractivity (Wildman–Crippen MR) is 94.7 cm³/mol. The van der Waals surface area contributed by atoms with Gasteiger partial charge in [0.1, 0.15) is 0 Å². The van der Waals surface area contributed by atoms with Gasteiger partial charge in [0, 0.05) is 18.7 Å². The van der Waals surface area contributed by atoms with Crippen LogP contribution in [0.15, 0.2) is 66.9 Å². The highest BCUT2D eigenvalue weighted by atomic mass is 16.5. The summed E-state index contributed by atoms with van der Waals surface area (Å²) in [6.07, 6.45) is 1.93. The molecule has 1 unspecified atom stereocenters. The van der Waals surface area contributed by atoms with E-state index in [9.17, 15) is 0 Å². The van der Waals surface area contributed by atoms with Gasteiger partial charge in [0.25, 0.3) is 0 Å². The van der Waals surface area contributed by atoms with Crippen LogP contribution in [0.3, 0.4) is 0 Å². The molecule has 0 bridgehead atoms. The molecule has 2 N–H and O–H groups in total. The predicted octanol–water partition coefficient (Wildman–Crippen LogP) is 3.09. The quantitative estimate of drug-likeness (QED) is 0.776. The van der Waals surface area contributed by atoms with Gasteiger partial charge in [0.2, 0.25) is 0 Å². The lowest BCUT2D eigenvalue weighted by Gasteiger charge is -2.24. The lowest BCUT2D eigenvalue weighted by Crippen LogP contribution is -2.33. The van der Waals surface area contributed by atoms with E-state index in [1.165, 1.54) is 5.56 Å². The summed E-state index contributed by atoms with van der Waals surface area (Å²) in [5.74, 6) is 0. The normalized spacial score (nSPS) is 17.6. The second-order valence-corrected chi connectivity index (χ2v) is 5.79. The van der Waals surface area contributed by atoms with Gasteiger partial charge in [-0.05, 0) is 23.8 Å². The minimum atomic E-state index is 0.136. The molecule has 3 aromatic rings. The van der Waals surface area contributed by atoms with E-state index in [4.69, 9.17) is 4.74 Å². The first-order valence-corrected chi connectivity index (χ1v) is 8.19. The molecule has 1 aromatic heterocycles. The van der Waals surface area contributed by atoms with Crippen molar-refractivity contribution in [3.8, 4) is 11.3 Å². The van der Waals surface area contributed by atoms with Crippen molar-refractivity contribution in [1.82, 2.24) is 15.2 Å². The van der Waals surface area contributed by atoms with Crippen LogP contribution in [-0.4, -0.2) is 29.6 Å². The molecule has 1 saturated heterocycles. The Hall–Kier alpha value is -2.63. The molecule has 5 nitrogen and oxygen atoms in total. The first kappa shape index (κ1) is 14.9. The van der Waals surface area contributed by atoms with Crippen molar-refractivity contribution in [2.24, 2.45) is 0 Å². The van der Waals surface area contributed by atoms with Crippen molar-refractivity contribution in [3.05, 3.63) is 72.4 Å². The topological polar surface area (TPSA) is 51.1 Å². The SMILES string of the molecule is c1ccc(-c2ccnn2Nc2ccc(C3CNCCO3)cc2)cc1. The molecular formula is C19H20N4O. The molecule has 2 heterocycles. The van der Waals surface area contributed by atoms with Crippen molar-refractivity contribution in [2.45, 2.75) is 6.10 Å². The zero-order chi connectivity index (χ0) is 16.2. The number of anilines is 1. The van der Waals surface area contributed by atoms with Crippen molar-refractivity contribution >= 4 is 5.69 Å². The minimum absolute atomic E-state index is 0.136. The molecule has 1 atom stereocenters. The fraction of sp³-hybridized carbons (Fsp3) is 0.211. The maximum Gasteiger partial charge on any atom is 0.0949 e. The zero-order valence-corrected chi connectivity index (χ0v) is 13.4. The number of benzene rings is 2. The summed E-state index contributed by atoms with van der Waals surface area (Å²) in [6, 6.07) is 20.5. The van der Waals surface area contributed by atoms with Crippen LogP contribution in [0, 0.1) is 0 Å². The zero-order valence-electron chi connectivity index (χ0n) is 13.4. The fourth-order valence-corrected chi connectivity index (χ4v) is 2.89. The van der Waals surface area contributed by atoms with E-state index in [2.05, 4.69) is 52.2 Å². The Bertz CT molecular complexity index is 777.